The van der Waals surface area contributed by atoms with Gasteiger partial charge in [0.2, 0.25) is 0 Å². The van der Waals surface area contributed by atoms with Crippen molar-refractivity contribution >= 4 is 62.6 Å². The zero-order chi connectivity index (χ0) is 35.6. The zero-order valence-electron chi connectivity index (χ0n) is 28.7. The summed E-state index contributed by atoms with van der Waals surface area (Å²) in [5.41, 5.74) is 8.35. The van der Waals surface area contributed by atoms with E-state index in [4.69, 9.17) is 27.9 Å². The molecule has 0 fully saturated rings. The number of rotatable bonds is 8. The third kappa shape index (κ3) is 5.31. The van der Waals surface area contributed by atoms with Crippen LogP contribution in [-0.4, -0.2) is 48.2 Å². The number of anilines is 1. The van der Waals surface area contributed by atoms with E-state index in [2.05, 4.69) is 26.7 Å². The first-order valence-electron chi connectivity index (χ1n) is 16.5. The van der Waals surface area contributed by atoms with Crippen LogP contribution in [-0.2, 0) is 13.5 Å². The Labute approximate surface area is 300 Å². The van der Waals surface area contributed by atoms with Gasteiger partial charge in [0.15, 0.2) is 0 Å². The topological polar surface area (TPSA) is 102 Å². The maximum Gasteiger partial charge on any atom is 0.337 e. The SMILES string of the molecule is Cc1cc(OCCCc2c3n(c4c(-c5c(C)ncnc5C)cccc24)[C@H](C)C(Cl)N(c2cccc4c(C(=O)O)cn(C)c24)C3=O)cc(C)c1Cl. The molecule has 2 atom stereocenters. The van der Waals surface area contributed by atoms with Crippen LogP contribution >= 0.6 is 23.2 Å². The van der Waals surface area contributed by atoms with Crippen molar-refractivity contribution < 1.29 is 19.4 Å². The van der Waals surface area contributed by atoms with Gasteiger partial charge in [-0.2, -0.15) is 0 Å². The molecule has 0 radical (unpaired) electrons. The first kappa shape index (κ1) is 33.6. The number of ether oxygens (including phenoxy) is 1. The molecule has 11 heteroatoms. The normalized spacial score (nSPS) is 16.0. The van der Waals surface area contributed by atoms with E-state index in [1.165, 1.54) is 0 Å². The van der Waals surface area contributed by atoms with E-state index in [1.54, 1.807) is 41.2 Å². The van der Waals surface area contributed by atoms with Gasteiger partial charge in [0.05, 0.1) is 34.9 Å². The molecule has 3 aromatic carbocycles. The quantitative estimate of drug-likeness (QED) is 0.0962. The number of amides is 1. The Morgan fingerprint density at radius 2 is 1.64 bits per heavy atom. The monoisotopic (exact) mass is 709 g/mol. The smallest absolute Gasteiger partial charge is 0.337 e. The van der Waals surface area contributed by atoms with Crippen LogP contribution in [0.15, 0.2) is 61.1 Å². The lowest BCUT2D eigenvalue weighted by atomic mass is 9.98. The molecular formula is C39H37Cl2N5O4. The second-order valence-electron chi connectivity index (χ2n) is 13.1. The van der Waals surface area contributed by atoms with Gasteiger partial charge >= 0.3 is 5.97 Å². The van der Waals surface area contributed by atoms with Crippen LogP contribution < -0.4 is 9.64 Å². The van der Waals surface area contributed by atoms with Crippen molar-refractivity contribution in [2.45, 2.75) is 59.0 Å². The number of hydrogen-bond acceptors (Lipinski definition) is 5. The summed E-state index contributed by atoms with van der Waals surface area (Å²) in [5.74, 6) is -0.541. The number of carbonyl (C=O) groups excluding carboxylic acids is 1. The molecule has 0 bridgehead atoms. The highest BCUT2D eigenvalue weighted by molar-refractivity contribution is 6.32. The molecule has 1 N–H and O–H groups in total. The fourth-order valence-corrected chi connectivity index (χ4v) is 7.97. The summed E-state index contributed by atoms with van der Waals surface area (Å²) >= 11 is 13.7. The van der Waals surface area contributed by atoms with Crippen LogP contribution in [0.25, 0.3) is 32.9 Å². The summed E-state index contributed by atoms with van der Waals surface area (Å²) in [4.78, 5) is 37.8. The third-order valence-electron chi connectivity index (χ3n) is 9.82. The summed E-state index contributed by atoms with van der Waals surface area (Å²) in [6, 6.07) is 15.0. The number of carbonyl (C=O) groups is 2. The van der Waals surface area contributed by atoms with E-state index < -0.39 is 11.5 Å². The van der Waals surface area contributed by atoms with Crippen molar-refractivity contribution in [1.82, 2.24) is 19.1 Å². The molecule has 256 valence electrons. The van der Waals surface area contributed by atoms with Gasteiger partial charge in [-0.05, 0) is 82.3 Å². The van der Waals surface area contributed by atoms with Crippen molar-refractivity contribution in [2.24, 2.45) is 7.05 Å². The first-order valence-corrected chi connectivity index (χ1v) is 17.3. The van der Waals surface area contributed by atoms with Gasteiger partial charge < -0.3 is 19.0 Å². The van der Waals surface area contributed by atoms with E-state index in [0.29, 0.717) is 41.7 Å². The van der Waals surface area contributed by atoms with Gasteiger partial charge in [0, 0.05) is 51.6 Å². The Morgan fingerprint density at radius 3 is 2.32 bits per heavy atom. The van der Waals surface area contributed by atoms with E-state index in [-0.39, 0.29) is 17.5 Å². The Hall–Kier alpha value is -4.86. The number of aromatic nitrogens is 4. The molecule has 1 unspecified atom stereocenters. The Morgan fingerprint density at radius 1 is 0.980 bits per heavy atom. The molecule has 0 aliphatic carbocycles. The molecule has 6 aromatic rings. The third-order valence-corrected chi connectivity index (χ3v) is 11.0. The second kappa shape index (κ2) is 12.8. The highest BCUT2D eigenvalue weighted by atomic mass is 35.5. The number of benzene rings is 3. The minimum atomic E-state index is -1.04. The number of fused-ring (bicyclic) bond motifs is 4. The van der Waals surface area contributed by atoms with E-state index >= 15 is 4.79 Å². The minimum Gasteiger partial charge on any atom is -0.494 e. The summed E-state index contributed by atoms with van der Waals surface area (Å²) < 4.78 is 10.0. The zero-order valence-corrected chi connectivity index (χ0v) is 30.2. The second-order valence-corrected chi connectivity index (χ2v) is 13.9. The average Bonchev–Trinajstić information content (AvgIpc) is 3.60. The largest absolute Gasteiger partial charge is 0.494 e. The number of carboxylic acid groups (broad SMARTS) is 1. The Balaban J connectivity index is 1.39. The van der Waals surface area contributed by atoms with Gasteiger partial charge in [-0.3, -0.25) is 9.69 Å². The molecular weight excluding hydrogens is 673 g/mol. The lowest BCUT2D eigenvalue weighted by molar-refractivity contribution is 0.0698. The highest BCUT2D eigenvalue weighted by Gasteiger charge is 2.42. The molecule has 0 saturated carbocycles. The van der Waals surface area contributed by atoms with Gasteiger partial charge in [0.25, 0.3) is 5.91 Å². The predicted molar refractivity (Wildman–Crippen MR) is 198 cm³/mol. The highest BCUT2D eigenvalue weighted by Crippen LogP contribution is 2.45. The fraction of sp³-hybridized carbons (Fsp3) is 0.282. The lowest BCUT2D eigenvalue weighted by Crippen LogP contribution is -2.48. The van der Waals surface area contributed by atoms with Crippen LogP contribution in [0.3, 0.4) is 0 Å². The molecule has 50 heavy (non-hydrogen) atoms. The van der Waals surface area contributed by atoms with E-state index in [9.17, 15) is 9.90 Å². The maximum atomic E-state index is 15.0. The number of hydrogen-bond donors (Lipinski definition) is 1. The molecule has 0 saturated heterocycles. The van der Waals surface area contributed by atoms with Crippen molar-refractivity contribution in [1.29, 1.82) is 0 Å². The van der Waals surface area contributed by atoms with Gasteiger partial charge in [0.1, 0.15) is 23.3 Å². The van der Waals surface area contributed by atoms with Gasteiger partial charge in [-0.25, -0.2) is 14.8 Å². The van der Waals surface area contributed by atoms with Crippen LogP contribution in [0.1, 0.15) is 68.3 Å². The predicted octanol–water partition coefficient (Wildman–Crippen LogP) is 8.97. The van der Waals surface area contributed by atoms with Crippen LogP contribution in [0.4, 0.5) is 5.69 Å². The number of halogens is 2. The molecule has 9 nitrogen and oxygen atoms in total. The average molecular weight is 711 g/mol. The summed E-state index contributed by atoms with van der Waals surface area (Å²) in [6.45, 7) is 10.3. The summed E-state index contributed by atoms with van der Waals surface area (Å²) in [7, 11) is 1.78. The van der Waals surface area contributed by atoms with E-state index in [0.717, 1.165) is 60.9 Å². The number of carboxylic acids is 1. The van der Waals surface area contributed by atoms with Crippen LogP contribution in [0, 0.1) is 27.7 Å². The number of aromatic carboxylic acids is 1. The molecule has 0 spiro atoms. The summed E-state index contributed by atoms with van der Waals surface area (Å²) in [6.07, 6.45) is 4.34. The van der Waals surface area contributed by atoms with Crippen molar-refractivity contribution in [2.75, 3.05) is 11.5 Å². The Kier molecular flexibility index (Phi) is 8.60. The van der Waals surface area contributed by atoms with Crippen LogP contribution in [0.5, 0.6) is 5.75 Å². The van der Waals surface area contributed by atoms with Crippen molar-refractivity contribution in [3.05, 3.63) is 105 Å². The molecule has 1 amide bonds. The molecule has 4 heterocycles. The van der Waals surface area contributed by atoms with Crippen molar-refractivity contribution in [3.63, 3.8) is 0 Å². The van der Waals surface area contributed by atoms with Gasteiger partial charge in [-0.15, -0.1) is 0 Å². The van der Waals surface area contributed by atoms with E-state index in [1.807, 2.05) is 58.9 Å². The minimum absolute atomic E-state index is 0.161. The van der Waals surface area contributed by atoms with Crippen molar-refractivity contribution in [3.8, 4) is 16.9 Å². The molecule has 1 aliphatic heterocycles. The number of nitrogens with zero attached hydrogens (tertiary/aromatic N) is 5. The number of para-hydroxylation sites is 2. The Bertz CT molecular complexity index is 2320. The van der Waals surface area contributed by atoms with Gasteiger partial charge in [-0.1, -0.05) is 53.5 Å². The number of aryl methyl sites for hydroxylation is 6. The maximum absolute atomic E-state index is 15.0. The standard InChI is InChI=1S/C39H37Cl2N5O4/c1-20-16-25(17-21(2)33(20)40)50-15-9-13-27-26-10-7-12-29(32-22(3)42-19-43-23(32)4)34(26)45-24(5)37(41)46(38(47)36(27)45)31-14-8-11-28-30(39(48)49)18-44(6)35(28)31/h7-8,10-12,14,16-19,24,37H,9,13,15H2,1-6H3,(H,48,49)/t24-,37?/m1/s1. The molecule has 7 rings (SSSR count). The summed E-state index contributed by atoms with van der Waals surface area (Å²) in [5, 5.41) is 12.1. The molecule has 1 aliphatic rings. The first-order chi connectivity index (χ1) is 23.9. The molecule has 3 aromatic heterocycles. The van der Waals surface area contributed by atoms with Crippen LogP contribution in [0.2, 0.25) is 5.02 Å². The lowest BCUT2D eigenvalue weighted by Gasteiger charge is -2.39. The fourth-order valence-electron chi connectivity index (χ4n) is 7.56. The number of alkyl halides is 1.